The summed E-state index contributed by atoms with van der Waals surface area (Å²) in [7, 11) is 0. The molecule has 0 saturated carbocycles. The molecule has 2 nitrogen and oxygen atoms in total. The highest BCUT2D eigenvalue weighted by atomic mass is 16.6. The summed E-state index contributed by atoms with van der Waals surface area (Å²) < 4.78 is 4.74. The first kappa shape index (κ1) is 7.29. The molecule has 2 heteroatoms. The fraction of sp³-hybridized carbons (Fsp3) is 0.111. The van der Waals surface area contributed by atoms with Gasteiger partial charge in [0.05, 0.1) is 0 Å². The molecule has 0 bridgehead atoms. The predicted molar refractivity (Wildman–Crippen MR) is 39.6 cm³/mol. The molecule has 0 radical (unpaired) electrons. The van der Waals surface area contributed by atoms with Gasteiger partial charge in [-0.2, -0.15) is 0 Å². The zero-order chi connectivity index (χ0) is 8.10. The summed E-state index contributed by atoms with van der Waals surface area (Å²) in [5.41, 5.74) is 0. The third-order valence-electron chi connectivity index (χ3n) is 0.954. The van der Waals surface area contributed by atoms with Crippen LogP contribution in [-0.4, -0.2) is 11.7 Å². The fourth-order valence-electron chi connectivity index (χ4n) is 0.452. The van der Waals surface area contributed by atoms with Gasteiger partial charge in [0.25, 0.3) is 0 Å². The smallest absolute Gasteiger partial charge is 0.219 e. The first-order valence-corrected chi connectivity index (χ1v) is 2.87. The minimum atomic E-state index is -0.105. The van der Waals surface area contributed by atoms with Crippen LogP contribution in [0.1, 0.15) is 0 Å². The van der Waals surface area contributed by atoms with Crippen LogP contribution in [0.3, 0.4) is 0 Å². The topological polar surface area (TPSA) is 32.8 Å². The third kappa shape index (κ3) is 2.11. The Morgan fingerprint density at radius 1 is 1.36 bits per heavy atom. The standard InChI is InChI=1S/C9H4O2/c1-2-3-4-5-6-8-9(7-10)11-8/h1,10H,7H2. The molecular weight excluding hydrogens is 140 g/mol. The second kappa shape index (κ2) is 3.37. The molecule has 1 aliphatic rings. The van der Waals surface area contributed by atoms with Crippen LogP contribution in [0.25, 0.3) is 0 Å². The number of hydrogen-bond acceptors (Lipinski definition) is 2. The molecule has 1 rings (SSSR count). The molecule has 11 heavy (non-hydrogen) atoms. The van der Waals surface area contributed by atoms with Crippen LogP contribution < -0.4 is 0 Å². The van der Waals surface area contributed by atoms with Gasteiger partial charge in [-0.3, -0.25) is 0 Å². The van der Waals surface area contributed by atoms with E-state index in [0.717, 1.165) is 0 Å². The number of hydrogen-bond donors (Lipinski definition) is 1. The summed E-state index contributed by atoms with van der Waals surface area (Å²) >= 11 is 0. The molecule has 0 fully saturated rings. The summed E-state index contributed by atoms with van der Waals surface area (Å²) in [6.45, 7) is -0.105. The van der Waals surface area contributed by atoms with Gasteiger partial charge in [0.1, 0.15) is 6.61 Å². The highest BCUT2D eigenvalue weighted by molar-refractivity contribution is 5.43. The maximum atomic E-state index is 8.46. The maximum absolute atomic E-state index is 8.46. The van der Waals surface area contributed by atoms with Gasteiger partial charge >= 0.3 is 0 Å². The van der Waals surface area contributed by atoms with Gasteiger partial charge in [0.2, 0.25) is 5.76 Å². The number of allylic oxidation sites excluding steroid dienone is 1. The summed E-state index contributed by atoms with van der Waals surface area (Å²) in [6.07, 6.45) is 4.84. The molecule has 0 aromatic carbocycles. The third-order valence-corrected chi connectivity index (χ3v) is 0.954. The quantitative estimate of drug-likeness (QED) is 0.519. The van der Waals surface area contributed by atoms with E-state index in [0.29, 0.717) is 11.5 Å². The molecule has 0 atom stereocenters. The van der Waals surface area contributed by atoms with Crippen molar-refractivity contribution in [3.05, 3.63) is 11.5 Å². The van der Waals surface area contributed by atoms with Gasteiger partial charge in [-0.15, -0.1) is 6.42 Å². The molecule has 0 aromatic rings. The number of aliphatic hydroxyl groups excluding tert-OH is 1. The first-order chi connectivity index (χ1) is 5.38. The Bertz CT molecular complexity index is 347. The van der Waals surface area contributed by atoms with Gasteiger partial charge < -0.3 is 9.84 Å². The lowest BCUT2D eigenvalue weighted by molar-refractivity contribution is 0.295. The molecule has 1 N–H and O–H groups in total. The molecule has 0 amide bonds. The highest BCUT2D eigenvalue weighted by Crippen LogP contribution is 2.23. The number of aliphatic hydroxyl groups is 1. The van der Waals surface area contributed by atoms with Crippen molar-refractivity contribution in [2.24, 2.45) is 0 Å². The second-order valence-corrected chi connectivity index (χ2v) is 1.66. The Morgan fingerprint density at radius 3 is 2.73 bits per heavy atom. The predicted octanol–water partition coefficient (Wildman–Crippen LogP) is -0.140. The van der Waals surface area contributed by atoms with Crippen molar-refractivity contribution in [2.75, 3.05) is 6.61 Å². The average Bonchev–Trinajstić information content (AvgIpc) is 2.77. The Morgan fingerprint density at radius 2 is 2.18 bits per heavy atom. The van der Waals surface area contributed by atoms with E-state index in [1.165, 1.54) is 0 Å². The SMILES string of the molecule is C#CC#CC#CC1=C(CO)O1. The fourth-order valence-corrected chi connectivity index (χ4v) is 0.452. The lowest BCUT2D eigenvalue weighted by atomic mass is 10.5. The van der Waals surface area contributed by atoms with E-state index in [2.05, 4.69) is 29.6 Å². The second-order valence-electron chi connectivity index (χ2n) is 1.66. The van der Waals surface area contributed by atoms with Crippen molar-refractivity contribution >= 4 is 0 Å². The molecule has 52 valence electrons. The van der Waals surface area contributed by atoms with Crippen LogP contribution in [0, 0.1) is 36.0 Å². The van der Waals surface area contributed by atoms with Crippen LogP contribution in [0.5, 0.6) is 0 Å². The van der Waals surface area contributed by atoms with E-state index < -0.39 is 0 Å². The zero-order valence-corrected chi connectivity index (χ0v) is 5.64. The van der Waals surface area contributed by atoms with Crippen molar-refractivity contribution in [1.29, 1.82) is 0 Å². The maximum Gasteiger partial charge on any atom is 0.219 e. The van der Waals surface area contributed by atoms with Gasteiger partial charge in [-0.25, -0.2) is 0 Å². The summed E-state index contributed by atoms with van der Waals surface area (Å²) in [6, 6.07) is 0. The molecular formula is C9H4O2. The van der Waals surface area contributed by atoms with Crippen molar-refractivity contribution in [1.82, 2.24) is 0 Å². The van der Waals surface area contributed by atoms with E-state index in [1.807, 2.05) is 0 Å². The molecule has 0 spiro atoms. The summed E-state index contributed by atoms with van der Waals surface area (Å²) in [5, 5.41) is 8.46. The summed E-state index contributed by atoms with van der Waals surface area (Å²) in [5.74, 6) is 12.9. The van der Waals surface area contributed by atoms with E-state index in [9.17, 15) is 0 Å². The number of terminal acetylenes is 1. The Balaban J connectivity index is 2.49. The normalized spacial score (nSPS) is 11.3. The zero-order valence-electron chi connectivity index (χ0n) is 5.64. The highest BCUT2D eigenvalue weighted by Gasteiger charge is 2.21. The first-order valence-electron chi connectivity index (χ1n) is 2.87. The minimum Gasteiger partial charge on any atom is -0.442 e. The molecule has 0 saturated heterocycles. The minimum absolute atomic E-state index is 0.105. The van der Waals surface area contributed by atoms with Gasteiger partial charge in [-0.1, -0.05) is 0 Å². The van der Waals surface area contributed by atoms with Crippen LogP contribution >= 0.6 is 0 Å². The Labute approximate surface area is 64.9 Å². The van der Waals surface area contributed by atoms with Crippen molar-refractivity contribution < 1.29 is 9.84 Å². The van der Waals surface area contributed by atoms with E-state index >= 15 is 0 Å². The molecule has 1 aliphatic heterocycles. The monoisotopic (exact) mass is 144 g/mol. The van der Waals surface area contributed by atoms with Gasteiger partial charge in [-0.05, 0) is 29.6 Å². The summed E-state index contributed by atoms with van der Waals surface area (Å²) in [4.78, 5) is 0. The van der Waals surface area contributed by atoms with Crippen LogP contribution in [-0.2, 0) is 4.74 Å². The van der Waals surface area contributed by atoms with E-state index in [4.69, 9.17) is 16.3 Å². The van der Waals surface area contributed by atoms with Gasteiger partial charge in [0.15, 0.2) is 5.76 Å². The van der Waals surface area contributed by atoms with Crippen LogP contribution in [0.4, 0.5) is 0 Å². The Hall–Kier alpha value is -1.82. The van der Waals surface area contributed by atoms with E-state index in [-0.39, 0.29) is 6.61 Å². The van der Waals surface area contributed by atoms with Gasteiger partial charge in [0, 0.05) is 0 Å². The average molecular weight is 144 g/mol. The van der Waals surface area contributed by atoms with Crippen LogP contribution in [0.15, 0.2) is 11.5 Å². The van der Waals surface area contributed by atoms with Crippen molar-refractivity contribution in [2.45, 2.75) is 0 Å². The number of ether oxygens (including phenoxy) is 1. The van der Waals surface area contributed by atoms with Crippen molar-refractivity contribution in [3.8, 4) is 36.0 Å². The van der Waals surface area contributed by atoms with E-state index in [1.54, 1.807) is 0 Å². The van der Waals surface area contributed by atoms with Crippen LogP contribution in [0.2, 0.25) is 0 Å². The largest absolute Gasteiger partial charge is 0.442 e. The molecule has 1 heterocycles. The van der Waals surface area contributed by atoms with Crippen molar-refractivity contribution in [3.63, 3.8) is 0 Å². The molecule has 0 aliphatic carbocycles. The number of rotatable bonds is 1. The molecule has 0 unspecified atom stereocenters. The molecule has 0 aromatic heterocycles. The lowest BCUT2D eigenvalue weighted by Gasteiger charge is -1.67. The Kier molecular flexibility index (Phi) is 2.24. The lowest BCUT2D eigenvalue weighted by Crippen LogP contribution is -1.71.